The molecule has 7 heavy (non-hydrogen) atoms. The van der Waals surface area contributed by atoms with Crippen LogP contribution in [0.4, 0.5) is 0 Å². The third-order valence-corrected chi connectivity index (χ3v) is 1.09. The molecule has 0 bridgehead atoms. The minimum absolute atomic E-state index is 0.0417. The first-order chi connectivity index (χ1) is 3.18. The molecule has 1 unspecified atom stereocenters. The summed E-state index contributed by atoms with van der Waals surface area (Å²) in [6.07, 6.45) is 0.488. The van der Waals surface area contributed by atoms with Crippen molar-refractivity contribution in [3.05, 3.63) is 0 Å². The van der Waals surface area contributed by atoms with Crippen LogP contribution in [0.3, 0.4) is 0 Å². The van der Waals surface area contributed by atoms with E-state index in [1.165, 1.54) is 0 Å². The van der Waals surface area contributed by atoms with Gasteiger partial charge in [0.1, 0.15) is 0 Å². The molecule has 0 heterocycles. The van der Waals surface area contributed by atoms with Crippen LogP contribution in [0.1, 0.15) is 20.3 Å². The summed E-state index contributed by atoms with van der Waals surface area (Å²) in [5, 5.41) is 8.70. The van der Waals surface area contributed by atoms with Gasteiger partial charge < -0.3 is 10.8 Å². The van der Waals surface area contributed by atoms with Gasteiger partial charge in [-0.3, -0.25) is 0 Å². The Morgan fingerprint density at radius 2 is 2.14 bits per heavy atom. The smallest absolute Gasteiger partial charge is 0.0662 e. The van der Waals surface area contributed by atoms with Crippen molar-refractivity contribution >= 4 is 0 Å². The highest BCUT2D eigenvalue weighted by atomic mass is 16.3. The van der Waals surface area contributed by atoms with Gasteiger partial charge in [-0.2, -0.15) is 0 Å². The van der Waals surface area contributed by atoms with Crippen LogP contribution in [0.5, 0.6) is 0 Å². The van der Waals surface area contributed by atoms with Gasteiger partial charge in [-0.1, -0.05) is 6.92 Å². The van der Waals surface area contributed by atoms with Gasteiger partial charge in [-0.15, -0.1) is 0 Å². The van der Waals surface area contributed by atoms with E-state index in [0.29, 0.717) is 0 Å². The van der Waals surface area contributed by atoms with Crippen LogP contribution in [0.2, 0.25) is 0 Å². The highest BCUT2D eigenvalue weighted by Crippen LogP contribution is 1.91. The van der Waals surface area contributed by atoms with E-state index in [-0.39, 0.29) is 12.1 Å². The highest BCUT2D eigenvalue weighted by molar-refractivity contribution is 4.63. The molecule has 2 nitrogen and oxygen atoms in total. The third kappa shape index (κ3) is 2.60. The number of aliphatic hydroxyl groups excluding tert-OH is 1. The molecule has 0 aliphatic heterocycles. The van der Waals surface area contributed by atoms with E-state index in [4.69, 9.17) is 10.8 Å². The number of nitrogens with two attached hydrogens (primary N) is 1. The van der Waals surface area contributed by atoms with E-state index in [1.807, 2.05) is 6.92 Å². The average Bonchev–Trinajstić information content (AvgIpc) is 1.65. The van der Waals surface area contributed by atoms with Gasteiger partial charge in [-0.05, 0) is 13.3 Å². The van der Waals surface area contributed by atoms with Crippen LogP contribution in [-0.4, -0.2) is 17.3 Å². The Bertz CT molecular complexity index is 45.3. The zero-order valence-electron chi connectivity index (χ0n) is 4.89. The van der Waals surface area contributed by atoms with Crippen molar-refractivity contribution in [2.24, 2.45) is 5.73 Å². The molecule has 0 aromatic heterocycles. The van der Waals surface area contributed by atoms with Crippen molar-refractivity contribution in [3.63, 3.8) is 0 Å². The molecule has 0 radical (unpaired) electrons. The molecule has 0 saturated heterocycles. The topological polar surface area (TPSA) is 46.2 Å². The van der Waals surface area contributed by atoms with Gasteiger partial charge in [0.05, 0.1) is 6.10 Å². The predicted octanol–water partition coefficient (Wildman–Crippen LogP) is 0.104. The SMILES string of the molecule is CCC(N)[C@@H](C)O. The molecular formula is C5H13NO. The quantitative estimate of drug-likeness (QED) is 0.521. The van der Waals surface area contributed by atoms with Gasteiger partial charge in [0, 0.05) is 6.04 Å². The fourth-order valence-corrected chi connectivity index (χ4v) is 0.341. The average molecular weight is 103 g/mol. The molecular weight excluding hydrogens is 90.1 g/mol. The van der Waals surface area contributed by atoms with Gasteiger partial charge in [-0.25, -0.2) is 0 Å². The lowest BCUT2D eigenvalue weighted by Crippen LogP contribution is -2.31. The summed E-state index contributed by atoms with van der Waals surface area (Å²) in [7, 11) is 0. The van der Waals surface area contributed by atoms with Crippen molar-refractivity contribution in [3.8, 4) is 0 Å². The molecule has 0 spiro atoms. The van der Waals surface area contributed by atoms with Crippen LogP contribution in [0, 0.1) is 0 Å². The summed E-state index contributed by atoms with van der Waals surface area (Å²) in [6, 6.07) is -0.0417. The van der Waals surface area contributed by atoms with Crippen molar-refractivity contribution < 1.29 is 5.11 Å². The number of hydrogen-bond acceptors (Lipinski definition) is 2. The van der Waals surface area contributed by atoms with Crippen LogP contribution < -0.4 is 5.73 Å². The third-order valence-electron chi connectivity index (χ3n) is 1.09. The first kappa shape index (κ1) is 6.92. The lowest BCUT2D eigenvalue weighted by atomic mass is 10.1. The number of rotatable bonds is 2. The molecule has 0 fully saturated rings. The van der Waals surface area contributed by atoms with E-state index >= 15 is 0 Å². The lowest BCUT2D eigenvalue weighted by molar-refractivity contribution is 0.161. The summed E-state index contributed by atoms with van der Waals surface area (Å²) in [6.45, 7) is 3.66. The van der Waals surface area contributed by atoms with E-state index in [9.17, 15) is 0 Å². The van der Waals surface area contributed by atoms with Gasteiger partial charge in [0.25, 0.3) is 0 Å². The maximum absolute atomic E-state index is 8.70. The molecule has 0 aromatic carbocycles. The normalized spacial score (nSPS) is 18.9. The fraction of sp³-hybridized carbons (Fsp3) is 1.00. The fourth-order valence-electron chi connectivity index (χ4n) is 0.341. The molecule has 0 aliphatic rings. The van der Waals surface area contributed by atoms with Gasteiger partial charge in [0.2, 0.25) is 0 Å². The molecule has 0 aromatic rings. The summed E-state index contributed by atoms with van der Waals surface area (Å²) in [5.41, 5.74) is 5.37. The predicted molar refractivity (Wildman–Crippen MR) is 29.9 cm³/mol. The minimum Gasteiger partial charge on any atom is -0.392 e. The Kier molecular flexibility index (Phi) is 2.96. The molecule has 0 rings (SSSR count). The Labute approximate surface area is 44.3 Å². The maximum atomic E-state index is 8.70. The number of hydrogen-bond donors (Lipinski definition) is 2. The van der Waals surface area contributed by atoms with Gasteiger partial charge in [0.15, 0.2) is 0 Å². The number of aliphatic hydroxyl groups is 1. The van der Waals surface area contributed by atoms with E-state index < -0.39 is 0 Å². The van der Waals surface area contributed by atoms with E-state index in [0.717, 1.165) is 6.42 Å². The molecule has 0 aliphatic carbocycles. The van der Waals surface area contributed by atoms with Crippen LogP contribution in [0.15, 0.2) is 0 Å². The molecule has 2 heteroatoms. The highest BCUT2D eigenvalue weighted by Gasteiger charge is 2.03. The standard InChI is InChI=1S/C5H13NO/c1-3-5(6)4(2)7/h4-5,7H,3,6H2,1-2H3/t4-,5?/m1/s1. The van der Waals surface area contributed by atoms with Crippen molar-refractivity contribution in [1.82, 2.24) is 0 Å². The van der Waals surface area contributed by atoms with Crippen LogP contribution >= 0.6 is 0 Å². The Balaban J connectivity index is 3.14. The maximum Gasteiger partial charge on any atom is 0.0662 e. The van der Waals surface area contributed by atoms with E-state index in [1.54, 1.807) is 6.92 Å². The Hall–Kier alpha value is -0.0800. The summed E-state index contributed by atoms with van der Waals surface area (Å²) >= 11 is 0. The molecule has 44 valence electrons. The van der Waals surface area contributed by atoms with Crippen molar-refractivity contribution in [2.45, 2.75) is 32.4 Å². The monoisotopic (exact) mass is 103 g/mol. The second-order valence-corrected chi connectivity index (χ2v) is 1.81. The first-order valence-corrected chi connectivity index (χ1v) is 2.62. The summed E-state index contributed by atoms with van der Waals surface area (Å²) in [4.78, 5) is 0. The van der Waals surface area contributed by atoms with Crippen molar-refractivity contribution in [2.75, 3.05) is 0 Å². The molecule has 2 atom stereocenters. The molecule has 0 saturated carbocycles. The largest absolute Gasteiger partial charge is 0.392 e. The Morgan fingerprint density at radius 1 is 1.71 bits per heavy atom. The van der Waals surface area contributed by atoms with Crippen molar-refractivity contribution in [1.29, 1.82) is 0 Å². The molecule has 3 N–H and O–H groups in total. The van der Waals surface area contributed by atoms with Crippen LogP contribution in [-0.2, 0) is 0 Å². The first-order valence-electron chi connectivity index (χ1n) is 2.62. The lowest BCUT2D eigenvalue weighted by Gasteiger charge is -2.09. The zero-order chi connectivity index (χ0) is 5.86. The Morgan fingerprint density at radius 3 is 2.14 bits per heavy atom. The second-order valence-electron chi connectivity index (χ2n) is 1.81. The van der Waals surface area contributed by atoms with Crippen LogP contribution in [0.25, 0.3) is 0 Å². The summed E-state index contributed by atoms with van der Waals surface area (Å²) < 4.78 is 0. The second kappa shape index (κ2) is 2.99. The summed E-state index contributed by atoms with van der Waals surface area (Å²) in [5.74, 6) is 0. The zero-order valence-corrected chi connectivity index (χ0v) is 4.89. The molecule has 0 amide bonds. The van der Waals surface area contributed by atoms with E-state index in [2.05, 4.69) is 0 Å². The minimum atomic E-state index is -0.356. The van der Waals surface area contributed by atoms with Gasteiger partial charge >= 0.3 is 0 Å².